The summed E-state index contributed by atoms with van der Waals surface area (Å²) in [4.78, 5) is 26.9. The number of hydrogen-bond acceptors (Lipinski definition) is 3. The van der Waals surface area contributed by atoms with Crippen LogP contribution in [0.5, 0.6) is 5.75 Å². The van der Waals surface area contributed by atoms with Crippen LogP contribution in [0.2, 0.25) is 5.02 Å². The minimum Gasteiger partial charge on any atom is -0.484 e. The number of amides is 1. The van der Waals surface area contributed by atoms with Gasteiger partial charge in [-0.1, -0.05) is 23.7 Å². The average molecular weight is 371 g/mol. The highest BCUT2D eigenvalue weighted by molar-refractivity contribution is 6.30. The smallest absolute Gasteiger partial charge is 0.257 e. The molecule has 0 atom stereocenters. The van der Waals surface area contributed by atoms with E-state index in [2.05, 4.69) is 10.3 Å². The maximum Gasteiger partial charge on any atom is 0.257 e. The Bertz CT molecular complexity index is 981. The lowest BCUT2D eigenvalue weighted by atomic mass is 10.1. The van der Waals surface area contributed by atoms with E-state index in [-0.39, 0.29) is 18.1 Å². The second kappa shape index (κ2) is 8.06. The molecule has 6 heteroatoms. The lowest BCUT2D eigenvalue weighted by molar-refractivity contribution is -0.123. The molecule has 1 heterocycles. The summed E-state index contributed by atoms with van der Waals surface area (Å²) < 4.78 is 5.38. The van der Waals surface area contributed by atoms with Gasteiger partial charge in [0.05, 0.1) is 0 Å². The summed E-state index contributed by atoms with van der Waals surface area (Å²) in [6, 6.07) is 14.6. The standard InChI is InChI=1S/C20H19ClN2O3/c1-13-2-3-14-11-15(20(25)23-18(14)10-13)8-9-22-19(24)12-26-17-6-4-16(21)5-7-17/h2-7,10-11H,8-9,12H2,1H3,(H,22,24)(H,23,25). The lowest BCUT2D eigenvalue weighted by Gasteiger charge is -2.08. The van der Waals surface area contributed by atoms with Crippen molar-refractivity contribution in [3.8, 4) is 5.75 Å². The summed E-state index contributed by atoms with van der Waals surface area (Å²) in [6.07, 6.45) is 0.450. The van der Waals surface area contributed by atoms with Crippen LogP contribution < -0.4 is 15.6 Å². The van der Waals surface area contributed by atoms with Crippen molar-refractivity contribution in [2.24, 2.45) is 0 Å². The Morgan fingerprint density at radius 3 is 2.69 bits per heavy atom. The molecule has 0 radical (unpaired) electrons. The van der Waals surface area contributed by atoms with Crippen LogP contribution in [-0.4, -0.2) is 24.0 Å². The quantitative estimate of drug-likeness (QED) is 0.699. The molecule has 0 spiro atoms. The maximum absolute atomic E-state index is 12.2. The molecule has 0 bridgehead atoms. The Kier molecular flexibility index (Phi) is 5.58. The summed E-state index contributed by atoms with van der Waals surface area (Å²) in [7, 11) is 0. The fourth-order valence-electron chi connectivity index (χ4n) is 2.61. The molecule has 1 amide bonds. The molecule has 0 aliphatic heterocycles. The Morgan fingerprint density at radius 2 is 1.92 bits per heavy atom. The number of nitrogens with one attached hydrogen (secondary N) is 2. The molecule has 0 aliphatic carbocycles. The molecule has 0 saturated carbocycles. The van der Waals surface area contributed by atoms with Gasteiger partial charge in [-0.25, -0.2) is 0 Å². The van der Waals surface area contributed by atoms with Gasteiger partial charge in [0.2, 0.25) is 0 Å². The molecule has 1 aromatic heterocycles. The molecule has 0 saturated heterocycles. The first-order chi connectivity index (χ1) is 12.5. The van der Waals surface area contributed by atoms with Gasteiger partial charge in [-0.05, 0) is 60.7 Å². The maximum atomic E-state index is 12.2. The van der Waals surface area contributed by atoms with Crippen LogP contribution in [-0.2, 0) is 11.2 Å². The number of halogens is 1. The Morgan fingerprint density at radius 1 is 1.15 bits per heavy atom. The predicted octanol–water partition coefficient (Wildman–Crippen LogP) is 3.23. The predicted molar refractivity (Wildman–Crippen MR) is 103 cm³/mol. The fourth-order valence-corrected chi connectivity index (χ4v) is 2.74. The topological polar surface area (TPSA) is 71.2 Å². The molecule has 0 aliphatic rings. The van der Waals surface area contributed by atoms with E-state index in [1.165, 1.54) is 0 Å². The van der Waals surface area contributed by atoms with Gasteiger partial charge in [-0.3, -0.25) is 9.59 Å². The number of aromatic amines is 1. The zero-order valence-corrected chi connectivity index (χ0v) is 15.1. The van der Waals surface area contributed by atoms with E-state index in [0.717, 1.165) is 16.5 Å². The number of hydrogen-bond donors (Lipinski definition) is 2. The molecule has 3 rings (SSSR count). The van der Waals surface area contributed by atoms with Crippen LogP contribution in [0, 0.1) is 6.92 Å². The number of benzene rings is 2. The first-order valence-electron chi connectivity index (χ1n) is 8.29. The third-order valence-corrected chi connectivity index (χ3v) is 4.23. The second-order valence-corrected chi connectivity index (χ2v) is 6.49. The number of aromatic nitrogens is 1. The van der Waals surface area contributed by atoms with Crippen LogP contribution in [0.15, 0.2) is 53.3 Å². The van der Waals surface area contributed by atoms with Crippen molar-refractivity contribution in [2.75, 3.05) is 13.2 Å². The number of rotatable bonds is 6. The van der Waals surface area contributed by atoms with Gasteiger partial charge in [-0.15, -0.1) is 0 Å². The summed E-state index contributed by atoms with van der Waals surface area (Å²) in [5, 5.41) is 4.34. The summed E-state index contributed by atoms with van der Waals surface area (Å²) >= 11 is 5.79. The first kappa shape index (κ1) is 18.0. The van der Waals surface area contributed by atoms with Crippen LogP contribution in [0.3, 0.4) is 0 Å². The van der Waals surface area contributed by atoms with Crippen molar-refractivity contribution in [1.82, 2.24) is 10.3 Å². The molecule has 0 fully saturated rings. The van der Waals surface area contributed by atoms with Crippen molar-refractivity contribution in [3.63, 3.8) is 0 Å². The van der Waals surface area contributed by atoms with Crippen molar-refractivity contribution in [3.05, 3.63) is 75.0 Å². The SMILES string of the molecule is Cc1ccc2cc(CCNC(=O)COc3ccc(Cl)cc3)c(=O)[nH]c2c1. The third kappa shape index (κ3) is 4.64. The van der Waals surface area contributed by atoms with Gasteiger partial charge in [0, 0.05) is 22.6 Å². The van der Waals surface area contributed by atoms with Gasteiger partial charge < -0.3 is 15.0 Å². The van der Waals surface area contributed by atoms with Crippen molar-refractivity contribution >= 4 is 28.4 Å². The number of ether oxygens (including phenoxy) is 1. The molecule has 134 valence electrons. The lowest BCUT2D eigenvalue weighted by Crippen LogP contribution is -2.31. The van der Waals surface area contributed by atoms with Crippen LogP contribution in [0.4, 0.5) is 0 Å². The first-order valence-corrected chi connectivity index (χ1v) is 8.67. The number of carbonyl (C=O) groups is 1. The zero-order valence-electron chi connectivity index (χ0n) is 14.3. The zero-order chi connectivity index (χ0) is 18.5. The van der Waals surface area contributed by atoms with E-state index in [1.54, 1.807) is 24.3 Å². The van der Waals surface area contributed by atoms with Gasteiger partial charge in [-0.2, -0.15) is 0 Å². The Hall–Kier alpha value is -2.79. The Labute approximate surface area is 156 Å². The van der Waals surface area contributed by atoms with E-state index in [1.807, 2.05) is 31.2 Å². The van der Waals surface area contributed by atoms with Gasteiger partial charge in [0.15, 0.2) is 6.61 Å². The number of fused-ring (bicyclic) bond motifs is 1. The highest BCUT2D eigenvalue weighted by Crippen LogP contribution is 2.15. The van der Waals surface area contributed by atoms with Crippen LogP contribution >= 0.6 is 11.6 Å². The molecule has 0 unspecified atom stereocenters. The number of H-pyrrole nitrogens is 1. The monoisotopic (exact) mass is 370 g/mol. The van der Waals surface area contributed by atoms with Gasteiger partial charge >= 0.3 is 0 Å². The molecule has 2 aromatic carbocycles. The average Bonchev–Trinajstić information content (AvgIpc) is 2.62. The van der Waals surface area contributed by atoms with Gasteiger partial charge in [0.1, 0.15) is 5.75 Å². The fraction of sp³-hybridized carbons (Fsp3) is 0.200. The number of carbonyl (C=O) groups excluding carboxylic acids is 1. The number of pyridine rings is 1. The van der Waals surface area contributed by atoms with E-state index in [0.29, 0.717) is 29.3 Å². The van der Waals surface area contributed by atoms with Crippen molar-refractivity contribution < 1.29 is 9.53 Å². The van der Waals surface area contributed by atoms with E-state index >= 15 is 0 Å². The minimum absolute atomic E-state index is 0.0883. The molecular weight excluding hydrogens is 352 g/mol. The largest absolute Gasteiger partial charge is 0.484 e. The van der Waals surface area contributed by atoms with E-state index in [4.69, 9.17) is 16.3 Å². The number of aryl methyl sites for hydroxylation is 1. The van der Waals surface area contributed by atoms with E-state index < -0.39 is 0 Å². The molecule has 2 N–H and O–H groups in total. The van der Waals surface area contributed by atoms with E-state index in [9.17, 15) is 9.59 Å². The van der Waals surface area contributed by atoms with Crippen LogP contribution in [0.25, 0.3) is 10.9 Å². The second-order valence-electron chi connectivity index (χ2n) is 6.06. The minimum atomic E-state index is -0.243. The summed E-state index contributed by atoms with van der Waals surface area (Å²) in [5.74, 6) is 0.332. The normalized spacial score (nSPS) is 10.7. The Balaban J connectivity index is 1.52. The van der Waals surface area contributed by atoms with Gasteiger partial charge in [0.25, 0.3) is 11.5 Å². The van der Waals surface area contributed by atoms with Crippen molar-refractivity contribution in [2.45, 2.75) is 13.3 Å². The third-order valence-electron chi connectivity index (χ3n) is 3.98. The molecular formula is C20H19ClN2O3. The van der Waals surface area contributed by atoms with Crippen LogP contribution in [0.1, 0.15) is 11.1 Å². The molecule has 26 heavy (non-hydrogen) atoms. The summed E-state index contributed by atoms with van der Waals surface area (Å²) in [5.41, 5.74) is 2.42. The summed E-state index contributed by atoms with van der Waals surface area (Å²) in [6.45, 7) is 2.26. The molecule has 3 aromatic rings. The highest BCUT2D eigenvalue weighted by atomic mass is 35.5. The molecule has 5 nitrogen and oxygen atoms in total. The van der Waals surface area contributed by atoms with Crippen molar-refractivity contribution in [1.29, 1.82) is 0 Å². The highest BCUT2D eigenvalue weighted by Gasteiger charge is 2.06.